The van der Waals surface area contributed by atoms with Crippen LogP contribution in [0.5, 0.6) is 23.1 Å². The number of rotatable bonds is 9. The van der Waals surface area contributed by atoms with Gasteiger partial charge in [-0.25, -0.2) is 27.5 Å². The van der Waals surface area contributed by atoms with Gasteiger partial charge in [0.1, 0.15) is 68.4 Å². The highest BCUT2D eigenvalue weighted by Gasteiger charge is 2.22. The lowest BCUT2D eigenvalue weighted by Crippen LogP contribution is -2.15. The molecule has 0 saturated heterocycles. The summed E-state index contributed by atoms with van der Waals surface area (Å²) in [6.45, 7) is -0.877. The Morgan fingerprint density at radius 3 is 2.54 bits per heavy atom. The molecule has 4 aromatic rings. The Hall–Kier alpha value is -4.15. The van der Waals surface area contributed by atoms with E-state index in [1.54, 1.807) is 40.8 Å². The van der Waals surface area contributed by atoms with Crippen LogP contribution in [-0.2, 0) is 0 Å². The number of nitrogens with zero attached hydrogens (tertiary/aromatic N) is 3. The predicted molar refractivity (Wildman–Crippen MR) is 122 cm³/mol. The molecule has 0 aliphatic carbocycles. The van der Waals surface area contributed by atoms with Gasteiger partial charge in [-0.1, -0.05) is 6.07 Å². The second-order valence-electron chi connectivity index (χ2n) is 7.43. The largest absolute Gasteiger partial charge is 0.489 e. The predicted octanol–water partition coefficient (Wildman–Crippen LogP) is 4.75. The minimum Gasteiger partial charge on any atom is -0.489 e. The number of hydrogen-bond acceptors (Lipinski definition) is 7. The zero-order valence-electron chi connectivity index (χ0n) is 18.5. The van der Waals surface area contributed by atoms with Crippen molar-refractivity contribution in [2.45, 2.75) is 0 Å². The molecule has 0 radical (unpaired) electrons. The summed E-state index contributed by atoms with van der Waals surface area (Å²) < 4.78 is 63.9. The molecule has 0 fully saturated rings. The highest BCUT2D eigenvalue weighted by Crippen LogP contribution is 2.38. The molecule has 0 bridgehead atoms. The second kappa shape index (κ2) is 10.00. The number of benzene rings is 1. The van der Waals surface area contributed by atoms with Crippen molar-refractivity contribution < 1.29 is 32.1 Å². The van der Waals surface area contributed by atoms with Gasteiger partial charge in [-0.2, -0.15) is 0 Å². The number of imidazole rings is 1. The van der Waals surface area contributed by atoms with Gasteiger partial charge in [0.15, 0.2) is 17.3 Å². The van der Waals surface area contributed by atoms with Gasteiger partial charge < -0.3 is 24.3 Å². The van der Waals surface area contributed by atoms with E-state index in [9.17, 15) is 8.78 Å². The maximum atomic E-state index is 15.1. The van der Waals surface area contributed by atoms with Gasteiger partial charge in [0.05, 0.1) is 6.20 Å². The van der Waals surface area contributed by atoms with E-state index in [-0.39, 0.29) is 30.4 Å². The number of nitrogens with one attached hydrogen (secondary N) is 1. The molecule has 1 aliphatic rings. The quantitative estimate of drug-likeness (QED) is 0.366. The topological polar surface area (TPSA) is 79.1 Å². The summed E-state index contributed by atoms with van der Waals surface area (Å²) in [6.07, 6.45) is 1.30. The molecule has 1 aliphatic heterocycles. The fourth-order valence-corrected chi connectivity index (χ4v) is 3.69. The molecular weight excluding hydrogens is 465 g/mol. The van der Waals surface area contributed by atoms with Gasteiger partial charge in [-0.15, -0.1) is 0 Å². The summed E-state index contributed by atoms with van der Waals surface area (Å²) in [5.41, 5.74) is 1.17. The smallest absolute Gasteiger partial charge is 0.201 e. The van der Waals surface area contributed by atoms with E-state index in [0.29, 0.717) is 47.7 Å². The van der Waals surface area contributed by atoms with E-state index >= 15 is 4.39 Å². The van der Waals surface area contributed by atoms with Crippen LogP contribution >= 0.6 is 0 Å². The SMILES string of the molecule is FCCOc1cnc(-c2nc3cccc(OCCF)n3c2Nc2ccc3c(c2)OCCO3)c(F)c1. The molecule has 0 spiro atoms. The van der Waals surface area contributed by atoms with Crippen LogP contribution in [0.15, 0.2) is 48.7 Å². The Morgan fingerprint density at radius 1 is 0.943 bits per heavy atom. The first-order chi connectivity index (χ1) is 17.2. The Balaban J connectivity index is 1.62. The fourth-order valence-electron chi connectivity index (χ4n) is 3.69. The van der Waals surface area contributed by atoms with E-state index in [1.807, 2.05) is 0 Å². The number of pyridine rings is 2. The summed E-state index contributed by atoms with van der Waals surface area (Å²) in [6, 6.07) is 11.5. The van der Waals surface area contributed by atoms with E-state index in [0.717, 1.165) is 6.07 Å². The maximum Gasteiger partial charge on any atom is 0.201 e. The molecule has 3 aromatic heterocycles. The van der Waals surface area contributed by atoms with E-state index in [4.69, 9.17) is 18.9 Å². The van der Waals surface area contributed by atoms with Crippen molar-refractivity contribution in [3.8, 4) is 34.5 Å². The normalized spacial score (nSPS) is 12.5. The van der Waals surface area contributed by atoms with Crippen molar-refractivity contribution >= 4 is 17.2 Å². The van der Waals surface area contributed by atoms with Crippen LogP contribution in [0.25, 0.3) is 17.0 Å². The van der Waals surface area contributed by atoms with Crippen LogP contribution in [0.3, 0.4) is 0 Å². The third-order valence-electron chi connectivity index (χ3n) is 5.13. The molecule has 35 heavy (non-hydrogen) atoms. The number of alkyl halides is 2. The second-order valence-corrected chi connectivity index (χ2v) is 7.43. The monoisotopic (exact) mass is 486 g/mol. The number of aromatic nitrogens is 3. The van der Waals surface area contributed by atoms with Gasteiger partial charge in [0.25, 0.3) is 0 Å². The van der Waals surface area contributed by atoms with E-state index < -0.39 is 19.2 Å². The number of ether oxygens (including phenoxy) is 4. The number of hydrogen-bond donors (Lipinski definition) is 1. The first-order valence-corrected chi connectivity index (χ1v) is 10.9. The molecule has 0 amide bonds. The van der Waals surface area contributed by atoms with Crippen molar-refractivity contribution in [2.75, 3.05) is 45.1 Å². The van der Waals surface area contributed by atoms with E-state index in [1.165, 1.54) is 6.20 Å². The Bertz CT molecular complexity index is 1350. The first-order valence-electron chi connectivity index (χ1n) is 10.9. The highest BCUT2D eigenvalue weighted by atomic mass is 19.1. The van der Waals surface area contributed by atoms with Crippen LogP contribution in [0.2, 0.25) is 0 Å². The summed E-state index contributed by atoms with van der Waals surface area (Å²) in [7, 11) is 0. The summed E-state index contributed by atoms with van der Waals surface area (Å²) >= 11 is 0. The van der Waals surface area contributed by atoms with Crippen LogP contribution in [0, 0.1) is 5.82 Å². The molecule has 8 nitrogen and oxygen atoms in total. The van der Waals surface area contributed by atoms with Gasteiger partial charge in [0.2, 0.25) is 5.88 Å². The van der Waals surface area contributed by atoms with Crippen LogP contribution < -0.4 is 24.3 Å². The molecule has 0 atom stereocenters. The molecule has 182 valence electrons. The molecule has 1 N–H and O–H groups in total. The van der Waals surface area contributed by atoms with Gasteiger partial charge in [0, 0.05) is 17.8 Å². The van der Waals surface area contributed by atoms with E-state index in [2.05, 4.69) is 15.3 Å². The standard InChI is InChI=1S/C24H21F3N4O4/c25-6-8-32-16-13-17(27)22(28-14-16)23-24(29-15-4-5-18-19(12-15)34-11-10-33-18)31-20(30-23)2-1-3-21(31)35-9-7-26/h1-5,12-14,29H,6-11H2. The maximum absolute atomic E-state index is 15.1. The molecular formula is C24H21F3N4O4. The summed E-state index contributed by atoms with van der Waals surface area (Å²) in [5.74, 6) is 1.22. The number of anilines is 2. The number of fused-ring (bicyclic) bond motifs is 2. The molecule has 0 unspecified atom stereocenters. The fraction of sp³-hybridized carbons (Fsp3) is 0.250. The number of halogens is 3. The Morgan fingerprint density at radius 2 is 1.74 bits per heavy atom. The zero-order chi connectivity index (χ0) is 24.2. The van der Waals surface area contributed by atoms with Crippen LogP contribution in [0.1, 0.15) is 0 Å². The van der Waals surface area contributed by atoms with Crippen LogP contribution in [0.4, 0.5) is 24.7 Å². The lowest BCUT2D eigenvalue weighted by molar-refractivity contribution is 0.171. The van der Waals surface area contributed by atoms with Crippen molar-refractivity contribution in [2.24, 2.45) is 0 Å². The Labute approximate surface area is 198 Å². The Kier molecular flexibility index (Phi) is 6.47. The van der Waals surface area contributed by atoms with Crippen molar-refractivity contribution in [3.05, 3.63) is 54.5 Å². The average molecular weight is 486 g/mol. The van der Waals surface area contributed by atoms with Crippen LogP contribution in [-0.4, -0.2) is 54.1 Å². The highest BCUT2D eigenvalue weighted by molar-refractivity contribution is 5.79. The lowest BCUT2D eigenvalue weighted by atomic mass is 10.2. The molecule has 4 heterocycles. The van der Waals surface area contributed by atoms with Crippen molar-refractivity contribution in [1.29, 1.82) is 0 Å². The first kappa shape index (κ1) is 22.6. The summed E-state index contributed by atoms with van der Waals surface area (Å²) in [4.78, 5) is 8.73. The lowest BCUT2D eigenvalue weighted by Gasteiger charge is -2.19. The van der Waals surface area contributed by atoms with Gasteiger partial charge in [-0.3, -0.25) is 0 Å². The molecule has 11 heteroatoms. The summed E-state index contributed by atoms with van der Waals surface area (Å²) in [5, 5.41) is 3.24. The third-order valence-corrected chi connectivity index (χ3v) is 5.13. The molecule has 0 saturated carbocycles. The minimum atomic E-state index is -0.707. The molecule has 5 rings (SSSR count). The third kappa shape index (κ3) is 4.61. The van der Waals surface area contributed by atoms with Crippen molar-refractivity contribution in [3.63, 3.8) is 0 Å². The van der Waals surface area contributed by atoms with Gasteiger partial charge in [-0.05, 0) is 24.3 Å². The van der Waals surface area contributed by atoms with Gasteiger partial charge >= 0.3 is 0 Å². The minimum absolute atomic E-state index is 0.0576. The molecule has 1 aromatic carbocycles. The zero-order valence-corrected chi connectivity index (χ0v) is 18.5. The van der Waals surface area contributed by atoms with Crippen molar-refractivity contribution in [1.82, 2.24) is 14.4 Å². The average Bonchev–Trinajstić information content (AvgIpc) is 3.24.